The molecule has 0 radical (unpaired) electrons. The molecule has 4 unspecified atom stereocenters. The predicted octanol–water partition coefficient (Wildman–Crippen LogP) is 4.64. The van der Waals surface area contributed by atoms with E-state index >= 15 is 0 Å². The number of unbranched alkanes of at least 4 members (excludes halogenated alkanes) is 1. The lowest BCUT2D eigenvalue weighted by Gasteiger charge is -2.48. The van der Waals surface area contributed by atoms with Crippen LogP contribution in [-0.2, 0) is 14.3 Å². The molecule has 0 aliphatic carbocycles. The molecule has 1 aromatic rings. The summed E-state index contributed by atoms with van der Waals surface area (Å²) < 4.78 is 5.58. The minimum absolute atomic E-state index is 0.230. The van der Waals surface area contributed by atoms with E-state index < -0.39 is 22.7 Å². The number of ether oxygens (including phenoxy) is 1. The molecule has 4 nitrogen and oxygen atoms in total. The van der Waals surface area contributed by atoms with Gasteiger partial charge in [0, 0.05) is 5.41 Å². The SMILES string of the molecule is CCCCC1(CC)COC(=O)C1(C(C)C(=O)O)C(C)c1ccccc1. The Bertz CT molecular complexity index is 612. The molecule has 1 aliphatic rings. The van der Waals surface area contributed by atoms with E-state index in [1.54, 1.807) is 6.92 Å². The van der Waals surface area contributed by atoms with Gasteiger partial charge in [-0.2, -0.15) is 0 Å². The Morgan fingerprint density at radius 1 is 1.24 bits per heavy atom. The summed E-state index contributed by atoms with van der Waals surface area (Å²) in [6.45, 7) is 8.14. The van der Waals surface area contributed by atoms with Crippen LogP contribution >= 0.6 is 0 Å². The van der Waals surface area contributed by atoms with E-state index in [1.807, 2.05) is 37.3 Å². The van der Waals surface area contributed by atoms with Crippen molar-refractivity contribution in [2.45, 2.75) is 59.3 Å². The molecule has 1 heterocycles. The zero-order valence-corrected chi connectivity index (χ0v) is 15.7. The second kappa shape index (κ2) is 7.59. The Hall–Kier alpha value is -1.84. The van der Waals surface area contributed by atoms with Crippen molar-refractivity contribution in [2.75, 3.05) is 6.61 Å². The molecule has 2 rings (SSSR count). The van der Waals surface area contributed by atoms with Gasteiger partial charge in [0.2, 0.25) is 0 Å². The molecule has 0 saturated carbocycles. The van der Waals surface area contributed by atoms with E-state index in [-0.39, 0.29) is 11.9 Å². The van der Waals surface area contributed by atoms with Gasteiger partial charge in [0.25, 0.3) is 0 Å². The van der Waals surface area contributed by atoms with Crippen LogP contribution in [0.2, 0.25) is 0 Å². The van der Waals surface area contributed by atoms with Crippen molar-refractivity contribution in [1.82, 2.24) is 0 Å². The van der Waals surface area contributed by atoms with Crippen molar-refractivity contribution in [2.24, 2.45) is 16.7 Å². The van der Waals surface area contributed by atoms with Crippen molar-refractivity contribution >= 4 is 11.9 Å². The van der Waals surface area contributed by atoms with Gasteiger partial charge in [-0.05, 0) is 24.3 Å². The summed E-state index contributed by atoms with van der Waals surface area (Å²) in [4.78, 5) is 25.2. The average molecular weight is 346 g/mol. The highest BCUT2D eigenvalue weighted by molar-refractivity contribution is 5.88. The summed E-state index contributed by atoms with van der Waals surface area (Å²) in [5, 5.41) is 9.87. The number of carboxylic acids is 1. The van der Waals surface area contributed by atoms with Crippen LogP contribution in [0, 0.1) is 16.7 Å². The van der Waals surface area contributed by atoms with Crippen molar-refractivity contribution in [3.8, 4) is 0 Å². The predicted molar refractivity (Wildman–Crippen MR) is 97.3 cm³/mol. The highest BCUT2D eigenvalue weighted by Gasteiger charge is 2.67. The third kappa shape index (κ3) is 2.96. The van der Waals surface area contributed by atoms with Crippen LogP contribution in [0.3, 0.4) is 0 Å². The van der Waals surface area contributed by atoms with Crippen molar-refractivity contribution in [3.63, 3.8) is 0 Å². The lowest BCUT2D eigenvalue weighted by Crippen LogP contribution is -2.53. The van der Waals surface area contributed by atoms with Gasteiger partial charge in [-0.3, -0.25) is 9.59 Å². The largest absolute Gasteiger partial charge is 0.481 e. The molecule has 1 fully saturated rings. The molecule has 0 bridgehead atoms. The van der Waals surface area contributed by atoms with Gasteiger partial charge < -0.3 is 9.84 Å². The number of aliphatic carboxylic acids is 1. The zero-order chi connectivity index (χ0) is 18.7. The maximum Gasteiger partial charge on any atom is 0.314 e. The fourth-order valence-corrected chi connectivity index (χ4v) is 4.87. The molecule has 138 valence electrons. The molecule has 1 saturated heterocycles. The molecule has 25 heavy (non-hydrogen) atoms. The average Bonchev–Trinajstić information content (AvgIpc) is 2.92. The first-order valence-corrected chi connectivity index (χ1v) is 9.32. The lowest BCUT2D eigenvalue weighted by molar-refractivity contribution is -0.164. The summed E-state index contributed by atoms with van der Waals surface area (Å²) in [6.07, 6.45) is 3.50. The standard InChI is InChI=1S/C21H30O4/c1-5-7-13-20(6-2)14-25-19(24)21(20,16(4)18(22)23)15(3)17-11-9-8-10-12-17/h8-12,15-16H,5-7,13-14H2,1-4H3,(H,22,23). The fourth-order valence-electron chi connectivity index (χ4n) is 4.87. The van der Waals surface area contributed by atoms with Crippen LogP contribution in [0.25, 0.3) is 0 Å². The van der Waals surface area contributed by atoms with Crippen LogP contribution in [0.4, 0.5) is 0 Å². The van der Waals surface area contributed by atoms with Crippen LogP contribution in [0.5, 0.6) is 0 Å². The number of hydrogen-bond acceptors (Lipinski definition) is 3. The highest BCUT2D eigenvalue weighted by Crippen LogP contribution is 2.62. The molecule has 0 spiro atoms. The Kier molecular flexibility index (Phi) is 5.91. The Morgan fingerprint density at radius 3 is 2.40 bits per heavy atom. The summed E-state index contributed by atoms with van der Waals surface area (Å²) in [5.74, 6) is -2.33. The Labute approximate surface area is 150 Å². The van der Waals surface area contributed by atoms with Crippen molar-refractivity contribution in [3.05, 3.63) is 35.9 Å². The third-order valence-corrected chi connectivity index (χ3v) is 6.42. The van der Waals surface area contributed by atoms with Gasteiger partial charge in [0.05, 0.1) is 17.9 Å². The number of carbonyl (C=O) groups excluding carboxylic acids is 1. The number of cyclic esters (lactones) is 1. The number of carboxylic acid groups (broad SMARTS) is 1. The number of esters is 1. The first-order chi connectivity index (χ1) is 11.9. The number of rotatable bonds is 8. The maximum absolute atomic E-state index is 13.1. The smallest absolute Gasteiger partial charge is 0.314 e. The van der Waals surface area contributed by atoms with Gasteiger partial charge in [-0.15, -0.1) is 0 Å². The summed E-state index contributed by atoms with van der Waals surface area (Å²) >= 11 is 0. The van der Waals surface area contributed by atoms with Crippen LogP contribution < -0.4 is 0 Å². The summed E-state index contributed by atoms with van der Waals surface area (Å²) in [5.41, 5.74) is -0.513. The van der Waals surface area contributed by atoms with Gasteiger partial charge in [0.15, 0.2) is 0 Å². The summed E-state index contributed by atoms with van der Waals surface area (Å²) in [7, 11) is 0. The van der Waals surface area contributed by atoms with Crippen LogP contribution in [0.15, 0.2) is 30.3 Å². The van der Waals surface area contributed by atoms with Crippen LogP contribution in [0.1, 0.15) is 64.9 Å². The third-order valence-electron chi connectivity index (χ3n) is 6.42. The van der Waals surface area contributed by atoms with E-state index in [0.717, 1.165) is 31.2 Å². The van der Waals surface area contributed by atoms with E-state index in [9.17, 15) is 14.7 Å². The van der Waals surface area contributed by atoms with Crippen molar-refractivity contribution in [1.29, 1.82) is 0 Å². The molecule has 4 heteroatoms. The van der Waals surface area contributed by atoms with Crippen molar-refractivity contribution < 1.29 is 19.4 Å². The molecule has 0 aromatic heterocycles. The minimum Gasteiger partial charge on any atom is -0.481 e. The fraction of sp³-hybridized carbons (Fsp3) is 0.619. The molecule has 4 atom stereocenters. The molecular weight excluding hydrogens is 316 g/mol. The first-order valence-electron chi connectivity index (χ1n) is 9.32. The minimum atomic E-state index is -1.05. The van der Waals surface area contributed by atoms with Gasteiger partial charge in [0.1, 0.15) is 0 Å². The quantitative estimate of drug-likeness (QED) is 0.697. The van der Waals surface area contributed by atoms with Crippen LogP contribution in [-0.4, -0.2) is 23.7 Å². The normalized spacial score (nSPS) is 28.4. The highest BCUT2D eigenvalue weighted by atomic mass is 16.5. The topological polar surface area (TPSA) is 63.6 Å². The lowest BCUT2D eigenvalue weighted by atomic mass is 9.50. The van der Waals surface area contributed by atoms with E-state index in [2.05, 4.69) is 13.8 Å². The molecule has 1 aliphatic heterocycles. The Balaban J connectivity index is 2.67. The molecular formula is C21H30O4. The number of benzene rings is 1. The molecule has 1 aromatic carbocycles. The maximum atomic E-state index is 13.1. The Morgan fingerprint density at radius 2 is 1.88 bits per heavy atom. The number of carbonyl (C=O) groups is 2. The molecule has 1 N–H and O–H groups in total. The van der Waals surface area contributed by atoms with E-state index in [1.165, 1.54) is 0 Å². The number of hydrogen-bond donors (Lipinski definition) is 1. The molecule has 0 amide bonds. The van der Waals surface area contributed by atoms with Gasteiger partial charge in [-0.25, -0.2) is 0 Å². The first kappa shape index (κ1) is 19.5. The second-order valence-electron chi connectivity index (χ2n) is 7.37. The van der Waals surface area contributed by atoms with Gasteiger partial charge >= 0.3 is 11.9 Å². The second-order valence-corrected chi connectivity index (χ2v) is 7.37. The zero-order valence-electron chi connectivity index (χ0n) is 15.7. The van der Waals surface area contributed by atoms with Gasteiger partial charge in [-0.1, -0.05) is 70.9 Å². The monoisotopic (exact) mass is 346 g/mol. The van der Waals surface area contributed by atoms with E-state index in [0.29, 0.717) is 6.61 Å². The summed E-state index contributed by atoms with van der Waals surface area (Å²) in [6, 6.07) is 9.76. The van der Waals surface area contributed by atoms with E-state index in [4.69, 9.17) is 4.74 Å².